The van der Waals surface area contributed by atoms with Crippen LogP contribution < -0.4 is 9.46 Å². The van der Waals surface area contributed by atoms with Crippen LogP contribution in [0, 0.1) is 0 Å². The van der Waals surface area contributed by atoms with Gasteiger partial charge in [0.15, 0.2) is 0 Å². The number of methoxy groups -OCH3 is 1. The van der Waals surface area contributed by atoms with Gasteiger partial charge in [0.2, 0.25) is 5.91 Å². The molecule has 0 saturated heterocycles. The predicted molar refractivity (Wildman–Crippen MR) is 65.0 cm³/mol. The van der Waals surface area contributed by atoms with Gasteiger partial charge in [-0.15, -0.1) is 0 Å². The zero-order valence-corrected chi connectivity index (χ0v) is 10.2. The van der Waals surface area contributed by atoms with E-state index in [2.05, 4.69) is 22.3 Å². The number of esters is 1. The van der Waals surface area contributed by atoms with E-state index in [1.54, 1.807) is 24.3 Å². The van der Waals surface area contributed by atoms with Gasteiger partial charge >= 0.3 is 5.97 Å². The Morgan fingerprint density at radius 3 is 2.82 bits per heavy atom. The lowest BCUT2D eigenvalue weighted by Gasteiger charge is -2.06. The average Bonchev–Trinajstić information content (AvgIpc) is 2.38. The van der Waals surface area contributed by atoms with Crippen molar-refractivity contribution < 1.29 is 19.1 Å². The molecule has 6 heteroatoms. The van der Waals surface area contributed by atoms with Crippen LogP contribution in [0.2, 0.25) is 0 Å². The first-order chi connectivity index (χ1) is 8.17. The fourth-order valence-corrected chi connectivity index (χ4v) is 1.26. The zero-order chi connectivity index (χ0) is 12.7. The van der Waals surface area contributed by atoms with Crippen LogP contribution >= 0.6 is 12.8 Å². The average molecular weight is 255 g/mol. The Kier molecular flexibility index (Phi) is 5.35. The van der Waals surface area contributed by atoms with E-state index in [0.717, 1.165) is 0 Å². The number of hydrogen-bond donors (Lipinski definition) is 2. The predicted octanol–water partition coefficient (Wildman–Crippen LogP) is 1.20. The molecule has 1 rings (SSSR count). The number of benzene rings is 1. The van der Waals surface area contributed by atoms with Crippen LogP contribution in [0.1, 0.15) is 16.8 Å². The number of rotatable bonds is 5. The molecule has 1 aromatic carbocycles. The highest BCUT2D eigenvalue weighted by Crippen LogP contribution is 2.14. The third-order valence-electron chi connectivity index (χ3n) is 1.98. The van der Waals surface area contributed by atoms with Crippen LogP contribution in [0.25, 0.3) is 0 Å². The van der Waals surface area contributed by atoms with E-state index < -0.39 is 5.97 Å². The molecule has 0 aromatic heterocycles. The summed E-state index contributed by atoms with van der Waals surface area (Å²) in [6.07, 6.45) is 0.200. The Morgan fingerprint density at radius 2 is 2.18 bits per heavy atom. The van der Waals surface area contributed by atoms with Gasteiger partial charge in [-0.25, -0.2) is 4.79 Å². The summed E-state index contributed by atoms with van der Waals surface area (Å²) < 4.78 is 12.1. The summed E-state index contributed by atoms with van der Waals surface area (Å²) in [7, 11) is 1.31. The molecule has 0 aliphatic carbocycles. The molecule has 0 saturated carbocycles. The van der Waals surface area contributed by atoms with E-state index in [-0.39, 0.29) is 18.9 Å². The molecule has 1 aromatic rings. The van der Waals surface area contributed by atoms with Gasteiger partial charge in [-0.3, -0.25) is 4.79 Å². The molecule has 5 nitrogen and oxygen atoms in total. The van der Waals surface area contributed by atoms with Crippen molar-refractivity contribution in [1.29, 1.82) is 0 Å². The molecule has 0 aliphatic rings. The summed E-state index contributed by atoms with van der Waals surface area (Å²) >= 11 is 3.62. The largest absolute Gasteiger partial charge is 0.493 e. The van der Waals surface area contributed by atoms with Crippen molar-refractivity contribution in [2.75, 3.05) is 13.7 Å². The fraction of sp³-hybridized carbons (Fsp3) is 0.273. The lowest BCUT2D eigenvalue weighted by atomic mass is 10.2. The fourth-order valence-electron chi connectivity index (χ4n) is 1.15. The lowest BCUT2D eigenvalue weighted by Crippen LogP contribution is -2.15. The Balaban J connectivity index is 2.54. The maximum Gasteiger partial charge on any atom is 0.337 e. The molecule has 0 heterocycles. The molecule has 0 spiro atoms. The monoisotopic (exact) mass is 255 g/mol. The topological polar surface area (TPSA) is 64.6 Å². The van der Waals surface area contributed by atoms with Crippen LogP contribution in [0.3, 0.4) is 0 Å². The van der Waals surface area contributed by atoms with Crippen LogP contribution in [0.4, 0.5) is 0 Å². The maximum absolute atomic E-state index is 11.2. The SMILES string of the molecule is COC(=O)c1cccc(OCCC(=O)NS)c1. The number of carbonyl (C=O) groups is 2. The minimum atomic E-state index is -0.427. The van der Waals surface area contributed by atoms with E-state index in [4.69, 9.17) is 4.74 Å². The molecule has 1 amide bonds. The molecule has 17 heavy (non-hydrogen) atoms. The lowest BCUT2D eigenvalue weighted by molar-refractivity contribution is -0.119. The number of ether oxygens (including phenoxy) is 2. The molecule has 0 radical (unpaired) electrons. The highest BCUT2D eigenvalue weighted by molar-refractivity contribution is 7.78. The van der Waals surface area contributed by atoms with Crippen molar-refractivity contribution in [1.82, 2.24) is 4.72 Å². The van der Waals surface area contributed by atoms with E-state index in [1.165, 1.54) is 7.11 Å². The van der Waals surface area contributed by atoms with E-state index in [0.29, 0.717) is 11.3 Å². The Bertz CT molecular complexity index is 408. The molecule has 92 valence electrons. The quantitative estimate of drug-likeness (QED) is 0.613. The molecule has 1 N–H and O–H groups in total. The number of hydrogen-bond acceptors (Lipinski definition) is 5. The number of carbonyl (C=O) groups excluding carboxylic acids is 2. The second kappa shape index (κ2) is 6.80. The highest BCUT2D eigenvalue weighted by Gasteiger charge is 2.06. The van der Waals surface area contributed by atoms with Crippen LogP contribution in [-0.4, -0.2) is 25.6 Å². The summed E-state index contributed by atoms with van der Waals surface area (Å²) in [6, 6.07) is 6.56. The first kappa shape index (κ1) is 13.4. The number of amides is 1. The smallest absolute Gasteiger partial charge is 0.337 e. The van der Waals surface area contributed by atoms with Crippen LogP contribution in [0.15, 0.2) is 24.3 Å². The summed E-state index contributed by atoms with van der Waals surface area (Å²) in [6.45, 7) is 0.219. The summed E-state index contributed by atoms with van der Waals surface area (Å²) in [4.78, 5) is 22.1. The third-order valence-corrected chi connectivity index (χ3v) is 2.23. The van der Waals surface area contributed by atoms with Crippen molar-refractivity contribution in [3.05, 3.63) is 29.8 Å². The molecular formula is C11H13NO4S. The summed E-state index contributed by atoms with van der Waals surface area (Å²) in [5.41, 5.74) is 0.406. The maximum atomic E-state index is 11.2. The number of thiol groups is 1. The van der Waals surface area contributed by atoms with Gasteiger partial charge in [0, 0.05) is 0 Å². The first-order valence-electron chi connectivity index (χ1n) is 4.91. The van der Waals surface area contributed by atoms with Crippen LogP contribution in [-0.2, 0) is 9.53 Å². The second-order valence-corrected chi connectivity index (χ2v) is 3.38. The van der Waals surface area contributed by atoms with E-state index in [1.807, 2.05) is 0 Å². The van der Waals surface area contributed by atoms with E-state index in [9.17, 15) is 9.59 Å². The summed E-state index contributed by atoms with van der Waals surface area (Å²) in [5.74, 6) is -0.138. The van der Waals surface area contributed by atoms with Crippen LogP contribution in [0.5, 0.6) is 5.75 Å². The molecule has 0 bridgehead atoms. The number of nitrogens with one attached hydrogen (secondary N) is 1. The van der Waals surface area contributed by atoms with Gasteiger partial charge in [-0.05, 0) is 18.2 Å². The first-order valence-corrected chi connectivity index (χ1v) is 5.36. The van der Waals surface area contributed by atoms with Crippen molar-refractivity contribution >= 4 is 24.7 Å². The standard InChI is InChI=1S/C11H13NO4S/c1-15-11(14)8-3-2-4-9(7-8)16-6-5-10(13)12-17/h2-4,7,17H,5-6H2,1H3,(H,12,13). The van der Waals surface area contributed by atoms with Gasteiger partial charge in [0.25, 0.3) is 0 Å². The van der Waals surface area contributed by atoms with Crippen molar-refractivity contribution in [2.24, 2.45) is 0 Å². The van der Waals surface area contributed by atoms with Gasteiger partial charge < -0.3 is 14.2 Å². The van der Waals surface area contributed by atoms with Crippen molar-refractivity contribution in [3.63, 3.8) is 0 Å². The van der Waals surface area contributed by atoms with Gasteiger partial charge in [0.1, 0.15) is 5.75 Å². The molecule has 0 aliphatic heterocycles. The molecule has 0 unspecified atom stereocenters. The normalized spacial score (nSPS) is 9.53. The second-order valence-electron chi connectivity index (χ2n) is 3.15. The van der Waals surface area contributed by atoms with E-state index >= 15 is 0 Å². The molecular weight excluding hydrogens is 242 g/mol. The van der Waals surface area contributed by atoms with Crippen molar-refractivity contribution in [2.45, 2.75) is 6.42 Å². The van der Waals surface area contributed by atoms with Gasteiger partial charge in [-0.2, -0.15) is 0 Å². The Morgan fingerprint density at radius 1 is 1.41 bits per heavy atom. The third kappa shape index (κ3) is 4.36. The zero-order valence-electron chi connectivity index (χ0n) is 9.30. The van der Waals surface area contributed by atoms with Gasteiger partial charge in [-0.1, -0.05) is 18.9 Å². The minimum absolute atomic E-state index is 0.200. The van der Waals surface area contributed by atoms with Gasteiger partial charge in [0.05, 0.1) is 25.7 Å². The van der Waals surface area contributed by atoms with Crippen molar-refractivity contribution in [3.8, 4) is 5.75 Å². The Labute approximate surface area is 105 Å². The highest BCUT2D eigenvalue weighted by atomic mass is 32.1. The molecule has 0 atom stereocenters. The minimum Gasteiger partial charge on any atom is -0.493 e. The Hall–Kier alpha value is -1.69. The summed E-state index contributed by atoms with van der Waals surface area (Å²) in [5, 5.41) is 0. The molecule has 0 fully saturated rings.